The van der Waals surface area contributed by atoms with E-state index < -0.39 is 0 Å². The summed E-state index contributed by atoms with van der Waals surface area (Å²) in [5, 5.41) is 45.8. The van der Waals surface area contributed by atoms with Gasteiger partial charge in [0.15, 0.2) is 0 Å². The Morgan fingerprint density at radius 1 is 0.134 bits per heavy atom. The molecule has 0 unspecified atom stereocenters. The van der Waals surface area contributed by atoms with Crippen LogP contribution in [0.15, 0.2) is 296 Å². The van der Waals surface area contributed by atoms with E-state index in [2.05, 4.69) is 380 Å². The molecule has 706 valence electrons. The van der Waals surface area contributed by atoms with Crippen LogP contribution < -0.4 is 0 Å². The van der Waals surface area contributed by atoms with Gasteiger partial charge in [-0.15, -0.1) is 272 Å². The zero-order chi connectivity index (χ0) is 96.9. The molecule has 0 aliphatic heterocycles. The summed E-state index contributed by atoms with van der Waals surface area (Å²) in [6.45, 7) is 26.0. The number of hydrogen-bond donors (Lipinski definition) is 0. The van der Waals surface area contributed by atoms with Crippen LogP contribution in [0.2, 0.25) is 0 Å². The summed E-state index contributed by atoms with van der Waals surface area (Å²) >= 11 is 48.7. The van der Waals surface area contributed by atoms with Crippen molar-refractivity contribution in [1.29, 1.82) is 0 Å². The van der Waals surface area contributed by atoms with Crippen LogP contribution in [0.1, 0.15) is 58.5 Å². The van der Waals surface area contributed by atoms with Crippen molar-refractivity contribution in [3.8, 4) is 0 Å². The highest BCUT2D eigenvalue weighted by atomic mass is 32.2. The standard InChI is InChI=1S/C13H10S.4C11H8S2.4C9H6S3.C9H8S.2C7H6S2/c1-9-6-12-7-10-4-2-3-5-11(10)8-13(12)14-9;1-7-4-9-6-10-8(2-3-12-10)5-11(9)13-7;1-7-4-9-5-8-2-3-12-10(8)6-11(9)13-7;1-7-6-9-8-4-2-3-5-10(8)13-11(9)12-7;1-7-6-10-11(12-7)8-4-2-3-5-9(8)13-10;1-5-2-7-9(11-5)6-3-10-4-8(6)12-7;1-5-2-6-7-3-10-4-8(7)12-9(6)11-5;1-5-4-7-9(11-5)8-6(12-7)2-3-10-8;1-5-4-7-6-2-3-10-8(6)12-9(7)11-5;1-7-6-8-4-2-3-5-9(8)10-7;1-5-4-7-6(9-5)2-3-8-7;1-5-4-6-2-3-8-7(6)9-5/h2-8H,1H3;4*2-6H,1H3;4*2-4H,1H3;2-6H,1H3;2*2-4H,1H3. The predicted octanol–water partition coefficient (Wildman–Crippen LogP) is 49.8. The third-order valence-corrected chi connectivity index (χ3v) is 51.0. The molecule has 0 aliphatic rings. The quantitative estimate of drug-likeness (QED) is 0.142. The Bertz CT molecular complexity index is 9170. The fraction of sp³-hybridized carbons (Fsp3) is 0.103. The molecule has 26 aromatic heterocycles. The highest BCUT2D eigenvalue weighted by molar-refractivity contribution is 7.49. The Morgan fingerprint density at radius 2 is 0.500 bits per heavy atom. The van der Waals surface area contributed by atoms with E-state index in [1.165, 1.54) is 264 Å². The molecule has 26 heterocycles. The molecule has 0 saturated carbocycles. The topological polar surface area (TPSA) is 0 Å². The number of aryl methyl sites for hydroxylation is 12. The van der Waals surface area contributed by atoms with Crippen LogP contribution in [0.5, 0.6) is 0 Å². The SMILES string of the molecule is Cc1cc2c(s1)sc1ccccc12.Cc1cc2c(s1)sc1cscc12.Cc1cc2c(s1)sc1sccc12.Cc1cc2cc3ccccc3cc2s1.Cc1cc2cc3ccsc3cc2s1.Cc1cc2cc3sccc3cc2s1.Cc1cc2ccccc2s1.Cc1cc2ccsc2s1.Cc1cc2sc3ccccc3c2s1.Cc1cc2sc3ccsc3c2s1.Cc1cc2sc3cscc3c2s1.Cc1cc2sccc2s1. The van der Waals surface area contributed by atoms with E-state index in [-0.39, 0.29) is 0 Å². The zero-order valence-electron chi connectivity index (χ0n) is 78.5. The Labute approximate surface area is 925 Å². The number of thiophene rings is 26. The van der Waals surface area contributed by atoms with E-state index in [9.17, 15) is 0 Å². The second-order valence-corrected chi connectivity index (χ2v) is 63.9. The van der Waals surface area contributed by atoms with E-state index >= 15 is 0 Å². The van der Waals surface area contributed by atoms with Crippen molar-refractivity contribution in [2.24, 2.45) is 0 Å². The maximum atomic E-state index is 2.30. The molecule has 26 heteroatoms. The van der Waals surface area contributed by atoms with Gasteiger partial charge in [0.2, 0.25) is 0 Å². The molecular weight excluding hydrogens is 2230 g/mol. The lowest BCUT2D eigenvalue weighted by atomic mass is 10.1. The van der Waals surface area contributed by atoms with Crippen molar-refractivity contribution in [3.63, 3.8) is 0 Å². The minimum absolute atomic E-state index is 1.33. The van der Waals surface area contributed by atoms with Gasteiger partial charge in [-0.1, -0.05) is 78.9 Å². The second kappa shape index (κ2) is 43.9. The van der Waals surface area contributed by atoms with Gasteiger partial charge in [0.1, 0.15) is 0 Å². The summed E-state index contributed by atoms with van der Waals surface area (Å²) in [5.41, 5.74) is 0. The van der Waals surface area contributed by atoms with Crippen LogP contribution in [0.3, 0.4) is 0 Å². The molecule has 33 aromatic rings. The first kappa shape index (κ1) is 98.9. The highest BCUT2D eigenvalue weighted by Crippen LogP contribution is 2.48. The Hall–Kier alpha value is -7.80. The summed E-state index contributed by atoms with van der Waals surface area (Å²) in [7, 11) is 0. The minimum atomic E-state index is 1.33. The first-order chi connectivity index (χ1) is 69.1. The maximum Gasteiger partial charge on any atom is 0.0889 e. The monoisotopic (exact) mass is 2310 g/mol. The van der Waals surface area contributed by atoms with Gasteiger partial charge in [0.05, 0.1) is 38.9 Å². The molecule has 142 heavy (non-hydrogen) atoms. The third kappa shape index (κ3) is 22.2. The fourth-order valence-electron chi connectivity index (χ4n) is 16.9. The van der Waals surface area contributed by atoms with Crippen LogP contribution >= 0.6 is 295 Å². The lowest BCUT2D eigenvalue weighted by Gasteiger charge is -1.96. The normalized spacial score (nSPS) is 11.4. The predicted molar refractivity (Wildman–Crippen MR) is 687 cm³/mol. The molecule has 33 rings (SSSR count). The lowest BCUT2D eigenvalue weighted by Crippen LogP contribution is -1.70. The molecule has 0 radical (unpaired) electrons. The Kier molecular flexibility index (Phi) is 30.6. The molecule has 0 bridgehead atoms. The molecule has 0 atom stereocenters. The minimum Gasteiger partial charge on any atom is -0.150 e. The van der Waals surface area contributed by atoms with Crippen LogP contribution in [0.25, 0.3) is 206 Å². The van der Waals surface area contributed by atoms with Gasteiger partial charge in [0.25, 0.3) is 0 Å². The van der Waals surface area contributed by atoms with E-state index in [1.54, 1.807) is 22.7 Å². The fourth-order valence-corrected chi connectivity index (χ4v) is 45.7. The van der Waals surface area contributed by atoms with Crippen LogP contribution in [-0.2, 0) is 0 Å². The van der Waals surface area contributed by atoms with Gasteiger partial charge in [-0.25, -0.2) is 0 Å². The van der Waals surface area contributed by atoms with Gasteiger partial charge in [-0.2, -0.15) is 22.7 Å². The van der Waals surface area contributed by atoms with E-state index in [0.717, 1.165) is 0 Å². The highest BCUT2D eigenvalue weighted by Gasteiger charge is 2.16. The van der Waals surface area contributed by atoms with Crippen LogP contribution in [0, 0.1) is 83.1 Å². The van der Waals surface area contributed by atoms with Gasteiger partial charge in [0, 0.05) is 204 Å². The molecule has 0 saturated heterocycles. The molecule has 0 nitrogen and oxygen atoms in total. The summed E-state index contributed by atoms with van der Waals surface area (Å²) in [5.74, 6) is 0. The number of hydrogen-bond acceptors (Lipinski definition) is 26. The number of fused-ring (bicyclic) bond motifs is 27. The number of rotatable bonds is 0. The average molecular weight is 2310 g/mol. The van der Waals surface area contributed by atoms with Crippen molar-refractivity contribution < 1.29 is 0 Å². The van der Waals surface area contributed by atoms with E-state index in [1.807, 2.05) is 272 Å². The molecule has 0 spiro atoms. The van der Waals surface area contributed by atoms with Crippen molar-refractivity contribution in [3.05, 3.63) is 355 Å². The first-order valence-corrected chi connectivity index (χ1v) is 67.1. The average Bonchev–Trinajstić information content (AvgIpc) is 1.63. The molecule has 0 amide bonds. The van der Waals surface area contributed by atoms with E-state index in [0.29, 0.717) is 0 Å². The molecule has 0 N–H and O–H groups in total. The molecule has 0 aliphatic carbocycles. The molecular formula is C116H86S26. The molecule has 0 fully saturated rings. The van der Waals surface area contributed by atoms with Crippen molar-refractivity contribution >= 4 is 500 Å². The summed E-state index contributed by atoms with van der Waals surface area (Å²) < 4.78 is 36.0. The maximum absolute atomic E-state index is 2.30. The van der Waals surface area contributed by atoms with Gasteiger partial charge in [-0.3, -0.25) is 0 Å². The first-order valence-electron chi connectivity index (χ1n) is 45.3. The number of benzene rings is 7. The van der Waals surface area contributed by atoms with Gasteiger partial charge in [-0.05, 0) is 322 Å². The third-order valence-electron chi connectivity index (χ3n) is 23.0. The van der Waals surface area contributed by atoms with Crippen molar-refractivity contribution in [2.75, 3.05) is 0 Å². The summed E-state index contributed by atoms with van der Waals surface area (Å²) in [6, 6.07) is 88.3. The van der Waals surface area contributed by atoms with Crippen molar-refractivity contribution in [2.45, 2.75) is 83.1 Å². The van der Waals surface area contributed by atoms with Crippen LogP contribution in [0.4, 0.5) is 0 Å². The van der Waals surface area contributed by atoms with E-state index in [4.69, 9.17) is 0 Å². The summed E-state index contributed by atoms with van der Waals surface area (Å²) in [4.78, 5) is 16.9. The zero-order valence-corrected chi connectivity index (χ0v) is 99.7. The second-order valence-electron chi connectivity index (χ2n) is 33.9. The summed E-state index contributed by atoms with van der Waals surface area (Å²) in [6.07, 6.45) is 0. The van der Waals surface area contributed by atoms with Crippen LogP contribution in [-0.4, -0.2) is 0 Å². The Balaban J connectivity index is 0.0000000889. The Morgan fingerprint density at radius 3 is 1.15 bits per heavy atom. The smallest absolute Gasteiger partial charge is 0.0889 e. The largest absolute Gasteiger partial charge is 0.150 e. The van der Waals surface area contributed by atoms with Crippen molar-refractivity contribution in [1.82, 2.24) is 0 Å². The van der Waals surface area contributed by atoms with Gasteiger partial charge < -0.3 is 0 Å². The molecule has 7 aromatic carbocycles. The van der Waals surface area contributed by atoms with Gasteiger partial charge >= 0.3 is 0 Å². The lowest BCUT2D eigenvalue weighted by molar-refractivity contribution is 1.65.